The molecule has 1 heterocycles. The lowest BCUT2D eigenvalue weighted by Gasteiger charge is -2.30. The third kappa shape index (κ3) is 3.64. The van der Waals surface area contributed by atoms with Gasteiger partial charge in [0.2, 0.25) is 5.95 Å². The molecular formula is C11H17FIN5. The molecule has 1 aromatic heterocycles. The van der Waals surface area contributed by atoms with Crippen LogP contribution >= 0.6 is 22.6 Å². The van der Waals surface area contributed by atoms with E-state index in [4.69, 9.17) is 5.84 Å². The van der Waals surface area contributed by atoms with Crippen LogP contribution in [0.2, 0.25) is 0 Å². The van der Waals surface area contributed by atoms with Gasteiger partial charge >= 0.3 is 0 Å². The number of hydrazine groups is 1. The molecule has 1 fully saturated rings. The Hall–Kier alpha value is -0.700. The number of aromatic nitrogens is 2. The number of anilines is 2. The van der Waals surface area contributed by atoms with E-state index in [1.54, 1.807) is 0 Å². The molecule has 0 amide bonds. The van der Waals surface area contributed by atoms with Crippen LogP contribution in [0.1, 0.15) is 31.4 Å². The molecule has 5 nitrogen and oxygen atoms in total. The van der Waals surface area contributed by atoms with Crippen molar-refractivity contribution < 1.29 is 4.39 Å². The van der Waals surface area contributed by atoms with Crippen LogP contribution in [-0.4, -0.2) is 19.7 Å². The maximum Gasteiger partial charge on any atom is 0.239 e. The number of nitrogens with one attached hydrogen (secondary N) is 2. The lowest BCUT2D eigenvalue weighted by atomic mass is 9.94. The van der Waals surface area contributed by atoms with Crippen LogP contribution in [0.25, 0.3) is 0 Å². The lowest BCUT2D eigenvalue weighted by Crippen LogP contribution is -2.31. The zero-order valence-corrected chi connectivity index (χ0v) is 12.4. The summed E-state index contributed by atoms with van der Waals surface area (Å²) in [6.07, 6.45) is 2.79. The van der Waals surface area contributed by atoms with Gasteiger partial charge in [0, 0.05) is 17.8 Å². The molecule has 1 saturated carbocycles. The van der Waals surface area contributed by atoms with E-state index < -0.39 is 3.68 Å². The Labute approximate surface area is 119 Å². The van der Waals surface area contributed by atoms with E-state index in [9.17, 15) is 4.39 Å². The highest BCUT2D eigenvalue weighted by atomic mass is 127. The van der Waals surface area contributed by atoms with Crippen LogP contribution in [0.3, 0.4) is 0 Å². The molecule has 0 atom stereocenters. The normalized spacial score (nSPS) is 27.9. The predicted molar refractivity (Wildman–Crippen MR) is 78.3 cm³/mol. The van der Waals surface area contributed by atoms with Gasteiger partial charge in [-0.05, 0) is 55.2 Å². The second kappa shape index (κ2) is 5.52. The minimum atomic E-state index is -1.04. The summed E-state index contributed by atoms with van der Waals surface area (Å²) in [6.45, 7) is 1.88. The molecule has 0 saturated heterocycles. The first-order chi connectivity index (χ1) is 8.48. The molecule has 2 rings (SSSR count). The standard InChI is InChI=1S/C11H17FIN5/c1-7-6-9(17-10(15-7)18-14)16-8-2-4-11(12,13)5-3-8/h6,8H,2-5,14H2,1H3,(H2,15,16,17,18). The monoisotopic (exact) mass is 365 g/mol. The third-order valence-electron chi connectivity index (χ3n) is 3.05. The minimum absolute atomic E-state index is 0.267. The first-order valence-corrected chi connectivity index (χ1v) is 7.03. The van der Waals surface area contributed by atoms with E-state index in [1.807, 2.05) is 35.6 Å². The van der Waals surface area contributed by atoms with Crippen LogP contribution in [0.4, 0.5) is 16.2 Å². The first kappa shape index (κ1) is 13.7. The van der Waals surface area contributed by atoms with Crippen molar-refractivity contribution in [1.29, 1.82) is 0 Å². The number of aryl methyl sites for hydroxylation is 1. The van der Waals surface area contributed by atoms with Gasteiger partial charge in [0.1, 0.15) is 5.82 Å². The number of hydrogen-bond acceptors (Lipinski definition) is 5. The first-order valence-electron chi connectivity index (χ1n) is 5.95. The lowest BCUT2D eigenvalue weighted by molar-refractivity contribution is 0.223. The van der Waals surface area contributed by atoms with Gasteiger partial charge in [-0.2, -0.15) is 4.98 Å². The summed E-state index contributed by atoms with van der Waals surface area (Å²) >= 11 is 1.90. The number of nitrogen functional groups attached to an aromatic ring is 1. The third-order valence-corrected chi connectivity index (χ3v) is 4.13. The highest BCUT2D eigenvalue weighted by molar-refractivity contribution is 14.1. The molecule has 0 aliphatic heterocycles. The molecule has 0 bridgehead atoms. The van der Waals surface area contributed by atoms with E-state index in [-0.39, 0.29) is 6.04 Å². The van der Waals surface area contributed by atoms with Crippen LogP contribution in [0, 0.1) is 6.92 Å². The molecule has 7 heteroatoms. The SMILES string of the molecule is Cc1cc(NC2CCC(F)(I)CC2)nc(NN)n1. The number of nitrogens with zero attached hydrogens (tertiary/aromatic N) is 2. The second-order valence-corrected chi connectivity index (χ2v) is 6.57. The van der Waals surface area contributed by atoms with Crippen molar-refractivity contribution in [2.24, 2.45) is 5.84 Å². The fraction of sp³-hybridized carbons (Fsp3) is 0.636. The van der Waals surface area contributed by atoms with E-state index in [0.717, 1.165) is 24.4 Å². The van der Waals surface area contributed by atoms with Crippen molar-refractivity contribution >= 4 is 34.4 Å². The van der Waals surface area contributed by atoms with Crippen molar-refractivity contribution in [3.63, 3.8) is 0 Å². The molecule has 18 heavy (non-hydrogen) atoms. The van der Waals surface area contributed by atoms with E-state index in [0.29, 0.717) is 18.8 Å². The van der Waals surface area contributed by atoms with Crippen molar-refractivity contribution in [3.8, 4) is 0 Å². The molecule has 0 unspecified atom stereocenters. The Balaban J connectivity index is 2.00. The van der Waals surface area contributed by atoms with Gasteiger partial charge in [-0.3, -0.25) is 5.43 Å². The van der Waals surface area contributed by atoms with Crippen LogP contribution in [-0.2, 0) is 0 Å². The maximum absolute atomic E-state index is 13.7. The van der Waals surface area contributed by atoms with Crippen molar-refractivity contribution in [3.05, 3.63) is 11.8 Å². The fourth-order valence-electron chi connectivity index (χ4n) is 2.10. The average molecular weight is 365 g/mol. The number of hydrogen-bond donors (Lipinski definition) is 3. The van der Waals surface area contributed by atoms with E-state index in [1.165, 1.54) is 0 Å². The van der Waals surface area contributed by atoms with Gasteiger partial charge in [0.15, 0.2) is 3.68 Å². The van der Waals surface area contributed by atoms with Gasteiger partial charge in [-0.1, -0.05) is 0 Å². The molecule has 100 valence electrons. The number of alkyl halides is 2. The summed E-state index contributed by atoms with van der Waals surface area (Å²) in [4.78, 5) is 8.35. The topological polar surface area (TPSA) is 75.9 Å². The molecule has 0 spiro atoms. The van der Waals surface area contributed by atoms with Crippen molar-refractivity contribution in [1.82, 2.24) is 9.97 Å². The van der Waals surface area contributed by atoms with Crippen LogP contribution < -0.4 is 16.6 Å². The van der Waals surface area contributed by atoms with Gasteiger partial charge in [-0.25, -0.2) is 15.2 Å². The van der Waals surface area contributed by atoms with Gasteiger partial charge in [0.25, 0.3) is 0 Å². The van der Waals surface area contributed by atoms with E-state index in [2.05, 4.69) is 20.7 Å². The summed E-state index contributed by atoms with van der Waals surface area (Å²) in [6, 6.07) is 2.13. The molecular weight excluding hydrogens is 348 g/mol. The highest BCUT2D eigenvalue weighted by Crippen LogP contribution is 2.38. The Bertz CT molecular complexity index is 416. The molecule has 1 aliphatic carbocycles. The average Bonchev–Trinajstić information content (AvgIpc) is 2.31. The Kier molecular flexibility index (Phi) is 4.21. The number of rotatable bonds is 3. The molecule has 1 aliphatic rings. The largest absolute Gasteiger partial charge is 0.367 e. The van der Waals surface area contributed by atoms with Gasteiger partial charge in [-0.15, -0.1) is 0 Å². The van der Waals surface area contributed by atoms with Crippen molar-refractivity contribution in [2.75, 3.05) is 10.7 Å². The smallest absolute Gasteiger partial charge is 0.239 e. The van der Waals surface area contributed by atoms with Crippen LogP contribution in [0.5, 0.6) is 0 Å². The number of nitrogens with two attached hydrogens (primary N) is 1. The Morgan fingerprint density at radius 1 is 1.44 bits per heavy atom. The van der Waals surface area contributed by atoms with Gasteiger partial charge in [0.05, 0.1) is 0 Å². The summed E-state index contributed by atoms with van der Waals surface area (Å²) in [5.41, 5.74) is 3.27. The minimum Gasteiger partial charge on any atom is -0.367 e. The molecule has 0 aromatic carbocycles. The zero-order chi connectivity index (χ0) is 13.2. The summed E-state index contributed by atoms with van der Waals surface area (Å²) in [5.74, 6) is 6.43. The predicted octanol–water partition coefficient (Wildman–Crippen LogP) is 2.53. The fourth-order valence-corrected chi connectivity index (χ4v) is 2.72. The maximum atomic E-state index is 13.7. The molecule has 0 radical (unpaired) electrons. The van der Waals surface area contributed by atoms with Crippen molar-refractivity contribution in [2.45, 2.75) is 42.3 Å². The van der Waals surface area contributed by atoms with E-state index >= 15 is 0 Å². The molecule has 1 aromatic rings. The molecule has 4 N–H and O–H groups in total. The van der Waals surface area contributed by atoms with Gasteiger partial charge < -0.3 is 5.32 Å². The second-order valence-electron chi connectivity index (χ2n) is 4.64. The quantitative estimate of drug-likeness (QED) is 0.332. The zero-order valence-electron chi connectivity index (χ0n) is 10.2. The summed E-state index contributed by atoms with van der Waals surface area (Å²) < 4.78 is 12.6. The van der Waals surface area contributed by atoms with Crippen LogP contribution in [0.15, 0.2) is 6.07 Å². The summed E-state index contributed by atoms with van der Waals surface area (Å²) in [7, 11) is 0. The highest BCUT2D eigenvalue weighted by Gasteiger charge is 2.32. The summed E-state index contributed by atoms with van der Waals surface area (Å²) in [5, 5.41) is 3.32. The Morgan fingerprint density at radius 3 is 2.72 bits per heavy atom. The number of halogens is 2. The Morgan fingerprint density at radius 2 is 2.11 bits per heavy atom.